The molecule has 2 aromatic rings. The molecule has 1 aliphatic heterocycles. The van der Waals surface area contributed by atoms with E-state index in [0.717, 1.165) is 61.3 Å². The third-order valence-electron chi connectivity index (χ3n) is 4.21. The van der Waals surface area contributed by atoms with E-state index in [4.69, 9.17) is 9.47 Å². The SMILES string of the molecule is CCCc1ccc(OCCCc2cc3c(cc2O)CCO3)cc1. The number of phenols is 1. The standard InChI is InChI=1S/C20H24O3/c1-2-4-15-6-8-18(9-7-15)22-11-3-5-16-14-20-17(10-12-23-20)13-19(16)21/h6-9,13-14,21H,2-5,10-12H2,1H3. The van der Waals surface area contributed by atoms with Gasteiger partial charge in [-0.15, -0.1) is 0 Å². The van der Waals surface area contributed by atoms with Gasteiger partial charge in [-0.2, -0.15) is 0 Å². The first kappa shape index (κ1) is 15.7. The summed E-state index contributed by atoms with van der Waals surface area (Å²) in [5.41, 5.74) is 3.39. The molecule has 1 N–H and O–H groups in total. The van der Waals surface area contributed by atoms with Gasteiger partial charge in [0.15, 0.2) is 0 Å². The Labute approximate surface area is 137 Å². The molecule has 0 saturated carbocycles. The van der Waals surface area contributed by atoms with Crippen LogP contribution in [0.25, 0.3) is 0 Å². The van der Waals surface area contributed by atoms with Crippen molar-refractivity contribution in [3.8, 4) is 17.2 Å². The Morgan fingerprint density at radius 3 is 2.74 bits per heavy atom. The van der Waals surface area contributed by atoms with Crippen LogP contribution in [0.1, 0.15) is 36.5 Å². The molecule has 0 amide bonds. The fraction of sp³-hybridized carbons (Fsp3) is 0.400. The largest absolute Gasteiger partial charge is 0.508 e. The monoisotopic (exact) mass is 312 g/mol. The molecular formula is C20H24O3. The number of aromatic hydroxyl groups is 1. The zero-order chi connectivity index (χ0) is 16.1. The quantitative estimate of drug-likeness (QED) is 0.775. The van der Waals surface area contributed by atoms with Crippen molar-refractivity contribution in [2.45, 2.75) is 39.0 Å². The van der Waals surface area contributed by atoms with Gasteiger partial charge in [0, 0.05) is 12.0 Å². The van der Waals surface area contributed by atoms with Crippen LogP contribution in [0.4, 0.5) is 0 Å². The van der Waals surface area contributed by atoms with Gasteiger partial charge >= 0.3 is 0 Å². The molecule has 0 aromatic heterocycles. The summed E-state index contributed by atoms with van der Waals surface area (Å²) in [7, 11) is 0. The van der Waals surface area contributed by atoms with Crippen LogP contribution in [0.5, 0.6) is 17.2 Å². The molecule has 3 nitrogen and oxygen atoms in total. The van der Waals surface area contributed by atoms with E-state index in [1.54, 1.807) is 0 Å². The van der Waals surface area contributed by atoms with E-state index in [1.165, 1.54) is 5.56 Å². The minimum Gasteiger partial charge on any atom is -0.508 e. The molecule has 0 aliphatic carbocycles. The highest BCUT2D eigenvalue weighted by molar-refractivity contribution is 5.47. The maximum Gasteiger partial charge on any atom is 0.123 e. The van der Waals surface area contributed by atoms with Crippen LogP contribution in [0.2, 0.25) is 0 Å². The van der Waals surface area contributed by atoms with Gasteiger partial charge in [-0.25, -0.2) is 0 Å². The van der Waals surface area contributed by atoms with E-state index in [-0.39, 0.29) is 0 Å². The Bertz CT molecular complexity index is 647. The molecule has 0 spiro atoms. The summed E-state index contributed by atoms with van der Waals surface area (Å²) < 4.78 is 11.3. The Balaban J connectivity index is 1.48. The minimum absolute atomic E-state index is 0.373. The molecule has 1 heterocycles. The highest BCUT2D eigenvalue weighted by atomic mass is 16.5. The second-order valence-electron chi connectivity index (χ2n) is 6.03. The van der Waals surface area contributed by atoms with E-state index in [2.05, 4.69) is 19.1 Å². The van der Waals surface area contributed by atoms with Crippen molar-refractivity contribution in [1.82, 2.24) is 0 Å². The maximum atomic E-state index is 10.1. The number of rotatable bonds is 7. The summed E-state index contributed by atoms with van der Waals surface area (Å²) in [5.74, 6) is 2.20. The molecule has 0 unspecified atom stereocenters. The van der Waals surface area contributed by atoms with Crippen molar-refractivity contribution in [2.75, 3.05) is 13.2 Å². The highest BCUT2D eigenvalue weighted by Crippen LogP contribution is 2.32. The highest BCUT2D eigenvalue weighted by Gasteiger charge is 2.15. The predicted octanol–water partition coefficient (Wildman–Crippen LogP) is 4.29. The van der Waals surface area contributed by atoms with Gasteiger partial charge in [0.2, 0.25) is 0 Å². The number of fused-ring (bicyclic) bond motifs is 1. The summed E-state index contributed by atoms with van der Waals surface area (Å²) in [5, 5.41) is 10.1. The van der Waals surface area contributed by atoms with E-state index in [1.807, 2.05) is 24.3 Å². The number of hydrogen-bond donors (Lipinski definition) is 1. The van der Waals surface area contributed by atoms with Crippen LogP contribution in [-0.2, 0) is 19.3 Å². The summed E-state index contributed by atoms with van der Waals surface area (Å²) in [4.78, 5) is 0. The lowest BCUT2D eigenvalue weighted by molar-refractivity contribution is 0.310. The normalized spacial score (nSPS) is 12.7. The lowest BCUT2D eigenvalue weighted by atomic mass is 10.0. The number of aryl methyl sites for hydroxylation is 2. The van der Waals surface area contributed by atoms with Crippen molar-refractivity contribution < 1.29 is 14.6 Å². The number of benzene rings is 2. The van der Waals surface area contributed by atoms with Gasteiger partial charge in [0.05, 0.1) is 13.2 Å². The molecule has 0 bridgehead atoms. The summed E-state index contributed by atoms with van der Waals surface area (Å²) in [6, 6.07) is 12.1. The number of ether oxygens (including phenoxy) is 2. The third kappa shape index (κ3) is 3.98. The predicted molar refractivity (Wildman–Crippen MR) is 91.6 cm³/mol. The summed E-state index contributed by atoms with van der Waals surface area (Å²) in [6.45, 7) is 3.55. The summed E-state index contributed by atoms with van der Waals surface area (Å²) in [6.07, 6.45) is 4.81. The van der Waals surface area contributed by atoms with Crippen LogP contribution in [0, 0.1) is 0 Å². The molecule has 1 aliphatic rings. The second kappa shape index (κ2) is 7.40. The molecule has 0 fully saturated rings. The van der Waals surface area contributed by atoms with Crippen molar-refractivity contribution in [2.24, 2.45) is 0 Å². The Hall–Kier alpha value is -2.16. The van der Waals surface area contributed by atoms with Crippen molar-refractivity contribution in [1.29, 1.82) is 0 Å². The molecule has 122 valence electrons. The van der Waals surface area contributed by atoms with Crippen LogP contribution < -0.4 is 9.47 Å². The van der Waals surface area contributed by atoms with E-state index >= 15 is 0 Å². The first-order chi connectivity index (χ1) is 11.3. The average molecular weight is 312 g/mol. The van der Waals surface area contributed by atoms with Gasteiger partial charge in [-0.05, 0) is 54.7 Å². The fourth-order valence-corrected chi connectivity index (χ4v) is 2.95. The lowest BCUT2D eigenvalue weighted by Gasteiger charge is -2.09. The average Bonchev–Trinajstić information content (AvgIpc) is 3.00. The fourth-order valence-electron chi connectivity index (χ4n) is 2.95. The number of hydrogen-bond acceptors (Lipinski definition) is 3. The molecule has 3 heteroatoms. The van der Waals surface area contributed by atoms with E-state index < -0.39 is 0 Å². The number of phenolic OH excluding ortho intramolecular Hbond substituents is 1. The smallest absolute Gasteiger partial charge is 0.123 e. The van der Waals surface area contributed by atoms with Crippen LogP contribution in [0.3, 0.4) is 0 Å². The maximum absolute atomic E-state index is 10.1. The molecule has 2 aromatic carbocycles. The first-order valence-corrected chi connectivity index (χ1v) is 8.45. The van der Waals surface area contributed by atoms with Crippen molar-refractivity contribution >= 4 is 0 Å². The molecule has 3 rings (SSSR count). The zero-order valence-corrected chi connectivity index (χ0v) is 13.7. The van der Waals surface area contributed by atoms with Crippen molar-refractivity contribution in [3.05, 3.63) is 53.1 Å². The van der Waals surface area contributed by atoms with Crippen LogP contribution >= 0.6 is 0 Å². The van der Waals surface area contributed by atoms with Gasteiger partial charge < -0.3 is 14.6 Å². The lowest BCUT2D eigenvalue weighted by Crippen LogP contribution is -2.00. The first-order valence-electron chi connectivity index (χ1n) is 8.45. The van der Waals surface area contributed by atoms with Gasteiger partial charge in [0.1, 0.15) is 17.2 Å². The minimum atomic E-state index is 0.373. The molecule has 0 atom stereocenters. The van der Waals surface area contributed by atoms with Crippen molar-refractivity contribution in [3.63, 3.8) is 0 Å². The second-order valence-corrected chi connectivity index (χ2v) is 6.03. The Kier molecular flexibility index (Phi) is 5.06. The Morgan fingerprint density at radius 2 is 1.96 bits per heavy atom. The van der Waals surface area contributed by atoms with E-state index in [9.17, 15) is 5.11 Å². The third-order valence-corrected chi connectivity index (χ3v) is 4.21. The zero-order valence-electron chi connectivity index (χ0n) is 13.7. The van der Waals surface area contributed by atoms with Crippen LogP contribution in [0.15, 0.2) is 36.4 Å². The van der Waals surface area contributed by atoms with E-state index in [0.29, 0.717) is 12.4 Å². The molecule has 0 radical (unpaired) electrons. The Morgan fingerprint density at radius 1 is 1.13 bits per heavy atom. The van der Waals surface area contributed by atoms with Gasteiger partial charge in [-0.3, -0.25) is 0 Å². The van der Waals surface area contributed by atoms with Gasteiger partial charge in [-0.1, -0.05) is 25.5 Å². The van der Waals surface area contributed by atoms with Crippen LogP contribution in [-0.4, -0.2) is 18.3 Å². The molecule has 0 saturated heterocycles. The molecule has 23 heavy (non-hydrogen) atoms. The molecular weight excluding hydrogens is 288 g/mol. The summed E-state index contributed by atoms with van der Waals surface area (Å²) >= 11 is 0. The topological polar surface area (TPSA) is 38.7 Å². The van der Waals surface area contributed by atoms with Gasteiger partial charge in [0.25, 0.3) is 0 Å².